The SMILES string of the molecule is Cc1cc(Cl)c(F)c(C2(O)CCOC2)c1. The molecule has 1 aromatic carbocycles. The summed E-state index contributed by atoms with van der Waals surface area (Å²) in [5, 5.41) is 10.2. The van der Waals surface area contributed by atoms with Crippen LogP contribution in [0.5, 0.6) is 0 Å². The molecule has 1 fully saturated rings. The van der Waals surface area contributed by atoms with E-state index in [0.29, 0.717) is 13.0 Å². The minimum absolute atomic E-state index is 0.0466. The van der Waals surface area contributed by atoms with Crippen LogP contribution in [0.4, 0.5) is 4.39 Å². The molecule has 0 spiro atoms. The van der Waals surface area contributed by atoms with Gasteiger partial charge in [0.15, 0.2) is 0 Å². The Morgan fingerprint density at radius 2 is 2.27 bits per heavy atom. The Balaban J connectivity index is 2.51. The monoisotopic (exact) mass is 230 g/mol. The molecular formula is C11H12ClFO2. The summed E-state index contributed by atoms with van der Waals surface area (Å²) in [5.41, 5.74) is -0.151. The van der Waals surface area contributed by atoms with Crippen LogP contribution >= 0.6 is 11.6 Å². The first-order valence-electron chi connectivity index (χ1n) is 4.79. The van der Waals surface area contributed by atoms with E-state index in [1.54, 1.807) is 12.1 Å². The molecule has 0 aliphatic carbocycles. The van der Waals surface area contributed by atoms with Crippen molar-refractivity contribution in [3.8, 4) is 0 Å². The Morgan fingerprint density at radius 1 is 1.53 bits per heavy atom. The maximum Gasteiger partial charge on any atom is 0.147 e. The number of ether oxygens (including phenoxy) is 1. The van der Waals surface area contributed by atoms with Gasteiger partial charge in [0.1, 0.15) is 11.4 Å². The molecule has 0 radical (unpaired) electrons. The lowest BCUT2D eigenvalue weighted by Crippen LogP contribution is -2.27. The lowest BCUT2D eigenvalue weighted by molar-refractivity contribution is 0.0201. The molecule has 1 aliphatic rings. The number of halogens is 2. The third kappa shape index (κ3) is 1.87. The highest BCUT2D eigenvalue weighted by Gasteiger charge is 2.37. The average molecular weight is 231 g/mol. The van der Waals surface area contributed by atoms with Crippen LogP contribution in [-0.4, -0.2) is 18.3 Å². The normalized spacial score (nSPS) is 25.9. The molecule has 1 unspecified atom stereocenters. The molecule has 1 N–H and O–H groups in total. The van der Waals surface area contributed by atoms with E-state index in [-0.39, 0.29) is 17.2 Å². The van der Waals surface area contributed by atoms with Gasteiger partial charge in [0.25, 0.3) is 0 Å². The Hall–Kier alpha value is -0.640. The summed E-state index contributed by atoms with van der Waals surface area (Å²) >= 11 is 5.73. The molecule has 1 atom stereocenters. The minimum atomic E-state index is -1.22. The molecule has 0 amide bonds. The second-order valence-electron chi connectivity index (χ2n) is 3.94. The minimum Gasteiger partial charge on any atom is -0.383 e. The van der Waals surface area contributed by atoms with Gasteiger partial charge in [-0.25, -0.2) is 4.39 Å². The number of hydrogen-bond donors (Lipinski definition) is 1. The standard InChI is InChI=1S/C11H12ClFO2/c1-7-4-8(10(13)9(12)5-7)11(14)2-3-15-6-11/h4-5,14H,2-3,6H2,1H3. The molecule has 0 aromatic heterocycles. The zero-order chi connectivity index (χ0) is 11.1. The van der Waals surface area contributed by atoms with E-state index >= 15 is 0 Å². The molecule has 0 saturated carbocycles. The molecule has 1 aromatic rings. The van der Waals surface area contributed by atoms with E-state index in [0.717, 1.165) is 5.56 Å². The van der Waals surface area contributed by atoms with Gasteiger partial charge in [0.2, 0.25) is 0 Å². The summed E-state index contributed by atoms with van der Waals surface area (Å²) in [4.78, 5) is 0. The van der Waals surface area contributed by atoms with Crippen molar-refractivity contribution < 1.29 is 14.2 Å². The molecule has 1 heterocycles. The van der Waals surface area contributed by atoms with Crippen molar-refractivity contribution in [3.05, 3.63) is 34.1 Å². The molecule has 0 bridgehead atoms. The van der Waals surface area contributed by atoms with Crippen molar-refractivity contribution in [3.63, 3.8) is 0 Å². The fourth-order valence-electron chi connectivity index (χ4n) is 1.83. The summed E-state index contributed by atoms with van der Waals surface area (Å²) in [6.45, 7) is 2.39. The van der Waals surface area contributed by atoms with E-state index in [4.69, 9.17) is 16.3 Å². The zero-order valence-corrected chi connectivity index (χ0v) is 9.14. The van der Waals surface area contributed by atoms with E-state index in [1.165, 1.54) is 0 Å². The van der Waals surface area contributed by atoms with Gasteiger partial charge in [-0.3, -0.25) is 0 Å². The predicted molar refractivity (Wildman–Crippen MR) is 55.5 cm³/mol. The van der Waals surface area contributed by atoms with Crippen molar-refractivity contribution in [2.45, 2.75) is 18.9 Å². The molecule has 4 heteroatoms. The van der Waals surface area contributed by atoms with Crippen molar-refractivity contribution in [2.24, 2.45) is 0 Å². The summed E-state index contributed by atoms with van der Waals surface area (Å²) in [6.07, 6.45) is 0.406. The summed E-state index contributed by atoms with van der Waals surface area (Å²) in [5.74, 6) is -0.546. The second-order valence-corrected chi connectivity index (χ2v) is 4.35. The van der Waals surface area contributed by atoms with E-state index in [1.807, 2.05) is 6.92 Å². The van der Waals surface area contributed by atoms with Gasteiger partial charge in [-0.15, -0.1) is 0 Å². The van der Waals surface area contributed by atoms with Crippen molar-refractivity contribution in [2.75, 3.05) is 13.2 Å². The smallest absolute Gasteiger partial charge is 0.147 e. The fourth-order valence-corrected chi connectivity index (χ4v) is 2.10. The molecule has 2 nitrogen and oxygen atoms in total. The van der Waals surface area contributed by atoms with Gasteiger partial charge in [-0.05, 0) is 18.6 Å². The Morgan fingerprint density at radius 3 is 2.87 bits per heavy atom. The molecular weight excluding hydrogens is 219 g/mol. The Labute approximate surface area is 92.6 Å². The lowest BCUT2D eigenvalue weighted by Gasteiger charge is -2.22. The van der Waals surface area contributed by atoms with Crippen LogP contribution in [0.15, 0.2) is 12.1 Å². The topological polar surface area (TPSA) is 29.5 Å². The molecule has 1 saturated heterocycles. The third-order valence-electron chi connectivity index (χ3n) is 2.67. The second kappa shape index (κ2) is 3.74. The first kappa shape index (κ1) is 10.9. The van der Waals surface area contributed by atoms with Crippen molar-refractivity contribution in [1.29, 1.82) is 0 Å². The van der Waals surface area contributed by atoms with Crippen LogP contribution in [0.25, 0.3) is 0 Å². The van der Waals surface area contributed by atoms with Gasteiger partial charge in [0.05, 0.1) is 11.6 Å². The maximum absolute atomic E-state index is 13.7. The largest absolute Gasteiger partial charge is 0.383 e. The quantitative estimate of drug-likeness (QED) is 0.803. The van der Waals surface area contributed by atoms with E-state index in [9.17, 15) is 9.50 Å². The zero-order valence-electron chi connectivity index (χ0n) is 8.39. The van der Waals surface area contributed by atoms with Gasteiger partial charge in [0, 0.05) is 18.6 Å². The number of aliphatic hydroxyl groups is 1. The highest BCUT2D eigenvalue weighted by molar-refractivity contribution is 6.30. The van der Waals surface area contributed by atoms with Gasteiger partial charge >= 0.3 is 0 Å². The number of rotatable bonds is 1. The van der Waals surface area contributed by atoms with Gasteiger partial charge < -0.3 is 9.84 Å². The Bertz CT molecular complexity index is 386. The summed E-state index contributed by atoms with van der Waals surface area (Å²) in [7, 11) is 0. The van der Waals surface area contributed by atoms with Crippen LogP contribution in [0.1, 0.15) is 17.5 Å². The summed E-state index contributed by atoms with van der Waals surface area (Å²) in [6, 6.07) is 3.16. The van der Waals surface area contributed by atoms with Gasteiger partial charge in [-0.2, -0.15) is 0 Å². The van der Waals surface area contributed by atoms with Crippen molar-refractivity contribution >= 4 is 11.6 Å². The van der Waals surface area contributed by atoms with Crippen LogP contribution in [0.3, 0.4) is 0 Å². The van der Waals surface area contributed by atoms with Crippen molar-refractivity contribution in [1.82, 2.24) is 0 Å². The van der Waals surface area contributed by atoms with Crippen LogP contribution in [0.2, 0.25) is 5.02 Å². The fraction of sp³-hybridized carbons (Fsp3) is 0.455. The van der Waals surface area contributed by atoms with E-state index in [2.05, 4.69) is 0 Å². The molecule has 15 heavy (non-hydrogen) atoms. The molecule has 1 aliphatic heterocycles. The number of hydrogen-bond acceptors (Lipinski definition) is 2. The third-order valence-corrected chi connectivity index (χ3v) is 2.95. The highest BCUT2D eigenvalue weighted by Crippen LogP contribution is 2.35. The van der Waals surface area contributed by atoms with Crippen LogP contribution in [-0.2, 0) is 10.3 Å². The first-order valence-corrected chi connectivity index (χ1v) is 5.17. The highest BCUT2D eigenvalue weighted by atomic mass is 35.5. The first-order chi connectivity index (χ1) is 7.03. The van der Waals surface area contributed by atoms with Gasteiger partial charge in [-0.1, -0.05) is 17.7 Å². The van der Waals surface area contributed by atoms with Crippen LogP contribution < -0.4 is 0 Å². The number of aryl methyl sites for hydroxylation is 1. The van der Waals surface area contributed by atoms with E-state index < -0.39 is 11.4 Å². The Kier molecular flexibility index (Phi) is 2.71. The van der Waals surface area contributed by atoms with Crippen LogP contribution in [0, 0.1) is 12.7 Å². The molecule has 82 valence electrons. The summed E-state index contributed by atoms with van der Waals surface area (Å²) < 4.78 is 18.8. The maximum atomic E-state index is 13.7. The predicted octanol–water partition coefficient (Wildman–Crippen LogP) is 2.40. The molecule has 2 rings (SSSR count). The lowest BCUT2D eigenvalue weighted by atomic mass is 9.91. The average Bonchev–Trinajstić information content (AvgIpc) is 2.59. The number of benzene rings is 1.